The number of nitrogens with zero attached hydrogens (tertiary/aromatic N) is 4. The first kappa shape index (κ1) is 17.0. The molecule has 0 aliphatic carbocycles. The predicted molar refractivity (Wildman–Crippen MR) is 100 cm³/mol. The SMILES string of the molecule is Cc1noc2ncnc(N3CCC([C@@H](O)CCc4ccccc4)CC3)c12. The highest BCUT2D eigenvalue weighted by atomic mass is 16.5. The lowest BCUT2D eigenvalue weighted by Gasteiger charge is -2.35. The molecule has 0 spiro atoms. The summed E-state index contributed by atoms with van der Waals surface area (Å²) in [7, 11) is 0. The van der Waals surface area contributed by atoms with E-state index in [0.29, 0.717) is 11.6 Å². The van der Waals surface area contributed by atoms with E-state index in [9.17, 15) is 5.11 Å². The fraction of sp³-hybridized carbons (Fsp3) is 0.450. The number of piperidine rings is 1. The lowest BCUT2D eigenvalue weighted by Crippen LogP contribution is -2.38. The van der Waals surface area contributed by atoms with Gasteiger partial charge in [-0.05, 0) is 44.1 Å². The molecule has 26 heavy (non-hydrogen) atoms. The fourth-order valence-electron chi connectivity index (χ4n) is 3.83. The number of benzene rings is 1. The van der Waals surface area contributed by atoms with Crippen molar-refractivity contribution in [2.24, 2.45) is 5.92 Å². The second-order valence-corrected chi connectivity index (χ2v) is 7.06. The van der Waals surface area contributed by atoms with Crippen LogP contribution in [0.3, 0.4) is 0 Å². The summed E-state index contributed by atoms with van der Waals surface area (Å²) in [6, 6.07) is 10.4. The molecule has 4 rings (SSSR count). The predicted octanol–water partition coefficient (Wildman–Crippen LogP) is 3.14. The summed E-state index contributed by atoms with van der Waals surface area (Å²) in [5.74, 6) is 1.24. The molecule has 1 N–H and O–H groups in total. The van der Waals surface area contributed by atoms with Crippen LogP contribution in [0.1, 0.15) is 30.5 Å². The second-order valence-electron chi connectivity index (χ2n) is 7.06. The third-order valence-corrected chi connectivity index (χ3v) is 5.38. The van der Waals surface area contributed by atoms with E-state index in [0.717, 1.165) is 55.7 Å². The van der Waals surface area contributed by atoms with E-state index in [1.54, 1.807) is 0 Å². The molecule has 1 atom stereocenters. The van der Waals surface area contributed by atoms with Crippen molar-refractivity contribution in [2.45, 2.75) is 38.7 Å². The van der Waals surface area contributed by atoms with Crippen LogP contribution in [0.2, 0.25) is 0 Å². The first-order valence-corrected chi connectivity index (χ1v) is 9.26. The van der Waals surface area contributed by atoms with Crippen molar-refractivity contribution in [3.8, 4) is 0 Å². The Balaban J connectivity index is 1.37. The molecule has 3 heterocycles. The number of rotatable bonds is 5. The maximum absolute atomic E-state index is 10.6. The van der Waals surface area contributed by atoms with Crippen molar-refractivity contribution < 1.29 is 9.63 Å². The van der Waals surface area contributed by atoms with Gasteiger partial charge in [-0.2, -0.15) is 4.98 Å². The van der Waals surface area contributed by atoms with Crippen LogP contribution in [0.25, 0.3) is 11.1 Å². The van der Waals surface area contributed by atoms with Crippen molar-refractivity contribution in [1.29, 1.82) is 0 Å². The van der Waals surface area contributed by atoms with Gasteiger partial charge in [0.05, 0.1) is 11.8 Å². The third kappa shape index (κ3) is 3.42. The first-order valence-electron chi connectivity index (χ1n) is 9.26. The summed E-state index contributed by atoms with van der Waals surface area (Å²) in [6.07, 6.45) is 4.95. The molecule has 0 bridgehead atoms. The number of aryl methyl sites for hydroxylation is 2. The Morgan fingerprint density at radius 2 is 1.96 bits per heavy atom. The molecular weight excluding hydrogens is 328 g/mol. The van der Waals surface area contributed by atoms with Gasteiger partial charge in [0, 0.05) is 13.1 Å². The number of aromatic nitrogens is 3. The molecule has 0 saturated carbocycles. The smallest absolute Gasteiger partial charge is 0.263 e. The van der Waals surface area contributed by atoms with Crippen LogP contribution in [0.5, 0.6) is 0 Å². The van der Waals surface area contributed by atoms with Crippen molar-refractivity contribution in [1.82, 2.24) is 15.1 Å². The average Bonchev–Trinajstić information content (AvgIpc) is 3.08. The number of fused-ring (bicyclic) bond motifs is 1. The third-order valence-electron chi connectivity index (χ3n) is 5.38. The van der Waals surface area contributed by atoms with Crippen LogP contribution >= 0.6 is 0 Å². The number of hydrogen-bond acceptors (Lipinski definition) is 6. The van der Waals surface area contributed by atoms with Crippen LogP contribution in [-0.4, -0.2) is 39.4 Å². The Morgan fingerprint density at radius 3 is 2.73 bits per heavy atom. The van der Waals surface area contributed by atoms with Gasteiger partial charge in [0.1, 0.15) is 17.5 Å². The Kier molecular flexibility index (Phi) is 4.84. The lowest BCUT2D eigenvalue weighted by molar-refractivity contribution is 0.0850. The van der Waals surface area contributed by atoms with Gasteiger partial charge < -0.3 is 14.5 Å². The summed E-state index contributed by atoms with van der Waals surface area (Å²) in [4.78, 5) is 10.9. The van der Waals surface area contributed by atoms with Crippen molar-refractivity contribution in [3.05, 3.63) is 47.9 Å². The van der Waals surface area contributed by atoms with E-state index in [4.69, 9.17) is 4.52 Å². The number of aliphatic hydroxyl groups is 1. The van der Waals surface area contributed by atoms with Gasteiger partial charge in [0.15, 0.2) is 0 Å². The van der Waals surface area contributed by atoms with Gasteiger partial charge in [-0.25, -0.2) is 4.98 Å². The zero-order chi connectivity index (χ0) is 17.9. The Bertz CT molecular complexity index is 857. The minimum Gasteiger partial charge on any atom is -0.393 e. The van der Waals surface area contributed by atoms with Crippen molar-refractivity contribution in [3.63, 3.8) is 0 Å². The molecular formula is C20H24N4O2. The van der Waals surface area contributed by atoms with E-state index in [-0.39, 0.29) is 6.10 Å². The maximum atomic E-state index is 10.6. The van der Waals surface area contributed by atoms with E-state index in [2.05, 4.69) is 44.3 Å². The molecule has 0 unspecified atom stereocenters. The van der Waals surface area contributed by atoms with Gasteiger partial charge in [-0.1, -0.05) is 35.5 Å². The topological polar surface area (TPSA) is 75.3 Å². The first-order chi connectivity index (χ1) is 12.7. The molecule has 1 fully saturated rings. The molecule has 1 aliphatic heterocycles. The Morgan fingerprint density at radius 1 is 1.19 bits per heavy atom. The molecule has 0 amide bonds. The van der Waals surface area contributed by atoms with Crippen LogP contribution < -0.4 is 4.90 Å². The second kappa shape index (κ2) is 7.41. The summed E-state index contributed by atoms with van der Waals surface area (Å²) in [5.41, 5.74) is 2.65. The largest absolute Gasteiger partial charge is 0.393 e. The Labute approximate surface area is 152 Å². The van der Waals surface area contributed by atoms with E-state index >= 15 is 0 Å². The maximum Gasteiger partial charge on any atom is 0.263 e. The van der Waals surface area contributed by atoms with E-state index in [1.165, 1.54) is 11.9 Å². The summed E-state index contributed by atoms with van der Waals surface area (Å²) < 4.78 is 5.25. The highest BCUT2D eigenvalue weighted by Crippen LogP contribution is 2.31. The van der Waals surface area contributed by atoms with Gasteiger partial charge >= 0.3 is 0 Å². The zero-order valence-corrected chi connectivity index (χ0v) is 15.0. The van der Waals surface area contributed by atoms with E-state index in [1.807, 2.05) is 13.0 Å². The van der Waals surface area contributed by atoms with Crippen LogP contribution in [-0.2, 0) is 6.42 Å². The monoisotopic (exact) mass is 352 g/mol. The highest BCUT2D eigenvalue weighted by molar-refractivity contribution is 5.87. The normalized spacial score (nSPS) is 16.9. The molecule has 1 aromatic carbocycles. The highest BCUT2D eigenvalue weighted by Gasteiger charge is 2.27. The molecule has 1 aliphatic rings. The van der Waals surface area contributed by atoms with Crippen molar-refractivity contribution in [2.75, 3.05) is 18.0 Å². The molecule has 1 saturated heterocycles. The minimum atomic E-state index is -0.250. The van der Waals surface area contributed by atoms with Crippen molar-refractivity contribution >= 4 is 16.9 Å². The van der Waals surface area contributed by atoms with Crippen LogP contribution in [0, 0.1) is 12.8 Å². The van der Waals surface area contributed by atoms with Crippen LogP contribution in [0.4, 0.5) is 5.82 Å². The molecule has 6 heteroatoms. The van der Waals surface area contributed by atoms with E-state index < -0.39 is 0 Å². The molecule has 136 valence electrons. The number of hydrogen-bond donors (Lipinski definition) is 1. The van der Waals surface area contributed by atoms with Crippen LogP contribution in [0.15, 0.2) is 41.2 Å². The molecule has 6 nitrogen and oxygen atoms in total. The summed E-state index contributed by atoms with van der Waals surface area (Å²) in [5, 5.41) is 15.5. The molecule has 0 radical (unpaired) electrons. The fourth-order valence-corrected chi connectivity index (χ4v) is 3.83. The van der Waals surface area contributed by atoms with Gasteiger partial charge in [0.25, 0.3) is 5.71 Å². The Hall–Kier alpha value is -2.47. The lowest BCUT2D eigenvalue weighted by atomic mass is 9.88. The van der Waals surface area contributed by atoms with Gasteiger partial charge in [-0.3, -0.25) is 0 Å². The zero-order valence-electron chi connectivity index (χ0n) is 15.0. The minimum absolute atomic E-state index is 0.250. The molecule has 3 aromatic rings. The standard InChI is InChI=1S/C20H24N4O2/c1-14-18-19(21-13-22-20(18)26-23-14)24-11-9-16(10-12-24)17(25)8-7-15-5-3-2-4-6-15/h2-6,13,16-17,25H,7-12H2,1H3/t17-/m0/s1. The van der Waals surface area contributed by atoms with Gasteiger partial charge in [-0.15, -0.1) is 0 Å². The average molecular weight is 352 g/mol. The summed E-state index contributed by atoms with van der Waals surface area (Å²) in [6.45, 7) is 3.67. The number of anilines is 1. The van der Waals surface area contributed by atoms with Gasteiger partial charge in [0.2, 0.25) is 0 Å². The molecule has 2 aromatic heterocycles. The summed E-state index contributed by atoms with van der Waals surface area (Å²) >= 11 is 0. The number of aliphatic hydroxyl groups excluding tert-OH is 1. The quantitative estimate of drug-likeness (QED) is 0.760.